The number of hydrogen-bond donors (Lipinski definition) is 1. The van der Waals surface area contributed by atoms with Gasteiger partial charge < -0.3 is 5.32 Å². The van der Waals surface area contributed by atoms with Crippen LogP contribution in [0.3, 0.4) is 0 Å². The molecule has 0 aromatic carbocycles. The van der Waals surface area contributed by atoms with Crippen LogP contribution in [0.15, 0.2) is 17.5 Å². The fourth-order valence-corrected chi connectivity index (χ4v) is 4.91. The predicted octanol–water partition coefficient (Wildman–Crippen LogP) is 3.81. The Morgan fingerprint density at radius 1 is 1.44 bits per heavy atom. The van der Waals surface area contributed by atoms with Crippen molar-refractivity contribution >= 4 is 34.4 Å². The van der Waals surface area contributed by atoms with Crippen molar-refractivity contribution < 1.29 is 0 Å². The van der Waals surface area contributed by atoms with Crippen molar-refractivity contribution in [1.82, 2.24) is 10.3 Å². The first-order valence-electron chi connectivity index (χ1n) is 6.22. The molecule has 3 rings (SSSR count). The molecule has 0 saturated carbocycles. The molecule has 5 heteroatoms. The van der Waals surface area contributed by atoms with Crippen LogP contribution in [0.1, 0.15) is 22.9 Å². The lowest BCUT2D eigenvalue weighted by Gasteiger charge is -2.20. The molecular weight excluding hydrogens is 280 g/mol. The zero-order valence-corrected chi connectivity index (χ0v) is 12.8. The summed E-state index contributed by atoms with van der Waals surface area (Å²) in [5.74, 6) is 2.37. The summed E-state index contributed by atoms with van der Waals surface area (Å²) >= 11 is 5.67. The Kier molecular flexibility index (Phi) is 4.03. The van der Waals surface area contributed by atoms with E-state index in [1.165, 1.54) is 20.5 Å². The second-order valence-corrected chi connectivity index (χ2v) is 7.48. The van der Waals surface area contributed by atoms with Gasteiger partial charge in [0.1, 0.15) is 5.01 Å². The molecule has 1 saturated heterocycles. The van der Waals surface area contributed by atoms with Crippen LogP contribution < -0.4 is 5.32 Å². The minimum Gasteiger partial charge on any atom is -0.306 e. The summed E-state index contributed by atoms with van der Waals surface area (Å²) in [6.45, 7) is 3.30. The Hall–Kier alpha value is -0.360. The van der Waals surface area contributed by atoms with E-state index in [9.17, 15) is 0 Å². The van der Waals surface area contributed by atoms with E-state index < -0.39 is 0 Å². The minimum absolute atomic E-state index is 0.452. The molecule has 2 aromatic heterocycles. The maximum atomic E-state index is 4.80. The van der Waals surface area contributed by atoms with Crippen LogP contribution in [0.5, 0.6) is 0 Å². The van der Waals surface area contributed by atoms with Gasteiger partial charge in [0, 0.05) is 28.3 Å². The number of thiophene rings is 1. The van der Waals surface area contributed by atoms with Gasteiger partial charge in [-0.25, -0.2) is 4.98 Å². The molecule has 0 radical (unpaired) electrons. The number of rotatable bonds is 3. The Morgan fingerprint density at radius 2 is 2.39 bits per heavy atom. The molecule has 1 aliphatic heterocycles. The average Bonchev–Trinajstić information content (AvgIpc) is 3.08. The fraction of sp³-hybridized carbons (Fsp3) is 0.462. The number of nitrogens with one attached hydrogen (secondary N) is 1. The predicted molar refractivity (Wildman–Crippen MR) is 82.9 cm³/mol. The van der Waals surface area contributed by atoms with Crippen LogP contribution >= 0.6 is 34.4 Å². The lowest BCUT2D eigenvalue weighted by molar-refractivity contribution is 0.592. The van der Waals surface area contributed by atoms with Crippen LogP contribution in [0, 0.1) is 0 Å². The minimum atomic E-state index is 0.452. The van der Waals surface area contributed by atoms with Crippen LogP contribution in [0.25, 0.3) is 10.6 Å². The Labute approximate surface area is 120 Å². The molecule has 18 heavy (non-hydrogen) atoms. The largest absolute Gasteiger partial charge is 0.306 e. The normalized spacial score (nSPS) is 20.2. The van der Waals surface area contributed by atoms with Gasteiger partial charge >= 0.3 is 0 Å². The van der Waals surface area contributed by atoms with Gasteiger partial charge in [0.15, 0.2) is 0 Å². The molecule has 1 fully saturated rings. The Balaban J connectivity index is 1.79. The van der Waals surface area contributed by atoms with Crippen molar-refractivity contribution in [2.45, 2.75) is 19.4 Å². The zero-order valence-electron chi connectivity index (χ0n) is 10.3. The maximum Gasteiger partial charge on any atom is 0.111 e. The summed E-state index contributed by atoms with van der Waals surface area (Å²) in [6, 6.07) is 4.87. The third-order valence-corrected chi connectivity index (χ3v) is 6.28. The monoisotopic (exact) mass is 296 g/mol. The van der Waals surface area contributed by atoms with Crippen molar-refractivity contribution in [3.8, 4) is 10.6 Å². The molecule has 2 nitrogen and oxygen atoms in total. The van der Waals surface area contributed by atoms with Crippen molar-refractivity contribution in [2.24, 2.45) is 0 Å². The van der Waals surface area contributed by atoms with Gasteiger partial charge in [0.25, 0.3) is 0 Å². The molecule has 1 aliphatic rings. The van der Waals surface area contributed by atoms with Crippen molar-refractivity contribution in [2.75, 3.05) is 18.1 Å². The molecule has 3 heterocycles. The van der Waals surface area contributed by atoms with Gasteiger partial charge in [-0.1, -0.05) is 6.92 Å². The van der Waals surface area contributed by atoms with Crippen LogP contribution in [0.4, 0.5) is 0 Å². The van der Waals surface area contributed by atoms with Crippen LogP contribution in [-0.2, 0) is 6.42 Å². The van der Waals surface area contributed by atoms with Crippen molar-refractivity contribution in [3.63, 3.8) is 0 Å². The SMILES string of the molecule is CCc1ccc(-c2csc(C3CSCCN3)n2)s1. The molecule has 1 unspecified atom stereocenters. The molecular formula is C13H16N2S3. The second-order valence-electron chi connectivity index (χ2n) is 4.27. The zero-order chi connectivity index (χ0) is 12.4. The Morgan fingerprint density at radius 3 is 3.11 bits per heavy atom. The highest BCUT2D eigenvalue weighted by Gasteiger charge is 2.19. The molecule has 0 aliphatic carbocycles. The molecule has 96 valence electrons. The Bertz CT molecular complexity index is 512. The van der Waals surface area contributed by atoms with E-state index in [1.54, 1.807) is 11.3 Å². The average molecular weight is 296 g/mol. The summed E-state index contributed by atoms with van der Waals surface area (Å²) in [4.78, 5) is 7.54. The highest BCUT2D eigenvalue weighted by molar-refractivity contribution is 7.99. The summed E-state index contributed by atoms with van der Waals surface area (Å²) < 4.78 is 0. The molecule has 1 atom stereocenters. The van der Waals surface area contributed by atoms with Gasteiger partial charge in [0.05, 0.1) is 16.6 Å². The first kappa shape index (κ1) is 12.7. The van der Waals surface area contributed by atoms with Crippen LogP contribution in [-0.4, -0.2) is 23.0 Å². The number of thioether (sulfide) groups is 1. The summed E-state index contributed by atoms with van der Waals surface area (Å²) in [5.41, 5.74) is 1.15. The van der Waals surface area contributed by atoms with E-state index in [0.29, 0.717) is 6.04 Å². The second kappa shape index (κ2) is 5.74. The standard InChI is InChI=1S/C13H16N2S3/c1-2-9-3-4-12(18-9)10-8-17-13(15-10)11-7-16-6-5-14-11/h3-4,8,11,14H,2,5-7H2,1H3. The third-order valence-electron chi connectivity index (χ3n) is 3.00. The first-order chi connectivity index (χ1) is 8.86. The van der Waals surface area contributed by atoms with E-state index in [4.69, 9.17) is 4.98 Å². The third kappa shape index (κ3) is 2.64. The number of thiazole rings is 1. The van der Waals surface area contributed by atoms with E-state index in [1.807, 2.05) is 23.1 Å². The van der Waals surface area contributed by atoms with E-state index >= 15 is 0 Å². The van der Waals surface area contributed by atoms with E-state index in [0.717, 1.165) is 24.4 Å². The van der Waals surface area contributed by atoms with E-state index in [2.05, 4.69) is 29.8 Å². The van der Waals surface area contributed by atoms with Gasteiger partial charge in [-0.05, 0) is 18.6 Å². The maximum absolute atomic E-state index is 4.80. The van der Waals surface area contributed by atoms with Crippen molar-refractivity contribution in [3.05, 3.63) is 27.4 Å². The fourth-order valence-electron chi connectivity index (χ4n) is 1.99. The van der Waals surface area contributed by atoms with E-state index in [-0.39, 0.29) is 0 Å². The number of hydrogen-bond acceptors (Lipinski definition) is 5. The molecule has 0 bridgehead atoms. The van der Waals surface area contributed by atoms with Gasteiger partial charge in [0.2, 0.25) is 0 Å². The molecule has 0 spiro atoms. The van der Waals surface area contributed by atoms with Gasteiger partial charge in [-0.2, -0.15) is 11.8 Å². The van der Waals surface area contributed by atoms with Crippen LogP contribution in [0.2, 0.25) is 0 Å². The number of aryl methyl sites for hydroxylation is 1. The van der Waals surface area contributed by atoms with Crippen molar-refractivity contribution in [1.29, 1.82) is 0 Å². The first-order valence-corrected chi connectivity index (χ1v) is 9.07. The highest BCUT2D eigenvalue weighted by Crippen LogP contribution is 2.32. The topological polar surface area (TPSA) is 24.9 Å². The molecule has 2 aromatic rings. The lowest BCUT2D eigenvalue weighted by atomic mass is 10.3. The molecule has 0 amide bonds. The smallest absolute Gasteiger partial charge is 0.111 e. The highest BCUT2D eigenvalue weighted by atomic mass is 32.2. The van der Waals surface area contributed by atoms with Gasteiger partial charge in [-0.3, -0.25) is 0 Å². The number of nitrogens with zero attached hydrogens (tertiary/aromatic N) is 1. The summed E-state index contributed by atoms with van der Waals surface area (Å²) in [7, 11) is 0. The quantitative estimate of drug-likeness (QED) is 0.932. The van der Waals surface area contributed by atoms with Gasteiger partial charge in [-0.15, -0.1) is 22.7 Å². The number of aromatic nitrogens is 1. The summed E-state index contributed by atoms with van der Waals surface area (Å²) in [6.07, 6.45) is 1.11. The lowest BCUT2D eigenvalue weighted by Crippen LogP contribution is -2.30. The summed E-state index contributed by atoms with van der Waals surface area (Å²) in [5, 5.41) is 6.98. The molecule has 1 N–H and O–H groups in total.